The average Bonchev–Trinajstić information content (AvgIpc) is 2.59. The highest BCUT2D eigenvalue weighted by molar-refractivity contribution is 6.09. The molecule has 0 bridgehead atoms. The molecule has 1 aliphatic carbocycles. The van der Waals surface area contributed by atoms with Gasteiger partial charge in [0.2, 0.25) is 0 Å². The number of urea groups is 1. The van der Waals surface area contributed by atoms with Crippen molar-refractivity contribution in [1.29, 1.82) is 0 Å². The van der Waals surface area contributed by atoms with Crippen LogP contribution in [0.4, 0.5) is 4.79 Å². The van der Waals surface area contributed by atoms with Crippen molar-refractivity contribution in [1.82, 2.24) is 10.6 Å². The van der Waals surface area contributed by atoms with E-state index in [1.165, 1.54) is 0 Å². The van der Waals surface area contributed by atoms with Crippen molar-refractivity contribution in [2.24, 2.45) is 5.92 Å². The predicted octanol–water partition coefficient (Wildman–Crippen LogP) is -0.551. The quantitative estimate of drug-likeness (QED) is 0.492. The molecule has 2 atom stereocenters. The molecule has 2 fully saturated rings. The fourth-order valence-corrected chi connectivity index (χ4v) is 2.27. The van der Waals surface area contributed by atoms with Crippen molar-refractivity contribution in [3.63, 3.8) is 0 Å². The first-order valence-corrected chi connectivity index (χ1v) is 4.43. The van der Waals surface area contributed by atoms with Crippen molar-refractivity contribution in [3.05, 3.63) is 0 Å². The lowest BCUT2D eigenvalue weighted by atomic mass is 9.87. The Morgan fingerprint density at radius 2 is 2.21 bits per heavy atom. The Kier molecular flexibility index (Phi) is 1.73. The summed E-state index contributed by atoms with van der Waals surface area (Å²) in [4.78, 5) is 33.3. The summed E-state index contributed by atoms with van der Waals surface area (Å²) >= 11 is 0. The number of carboxylic acid groups (broad SMARTS) is 1. The van der Waals surface area contributed by atoms with Gasteiger partial charge < -0.3 is 10.4 Å². The van der Waals surface area contributed by atoms with E-state index in [4.69, 9.17) is 5.11 Å². The van der Waals surface area contributed by atoms with E-state index in [1.807, 2.05) is 0 Å². The number of imide groups is 1. The van der Waals surface area contributed by atoms with Crippen LogP contribution in [0.2, 0.25) is 0 Å². The van der Waals surface area contributed by atoms with Gasteiger partial charge in [-0.1, -0.05) is 0 Å². The van der Waals surface area contributed by atoms with E-state index < -0.39 is 29.4 Å². The molecule has 2 rings (SSSR count). The largest absolute Gasteiger partial charge is 0.481 e. The molecule has 0 aromatic carbocycles. The molecule has 0 aromatic rings. The van der Waals surface area contributed by atoms with Gasteiger partial charge in [-0.25, -0.2) is 4.79 Å². The van der Waals surface area contributed by atoms with Crippen molar-refractivity contribution < 1.29 is 19.5 Å². The van der Waals surface area contributed by atoms with Gasteiger partial charge in [0.1, 0.15) is 5.54 Å². The van der Waals surface area contributed by atoms with E-state index in [0.29, 0.717) is 19.3 Å². The zero-order valence-corrected chi connectivity index (χ0v) is 7.37. The molecule has 1 saturated carbocycles. The Hall–Kier alpha value is -1.59. The number of carboxylic acids is 1. The topological polar surface area (TPSA) is 95.5 Å². The molecular formula is C8H10N2O4. The Labute approximate surface area is 79.7 Å². The molecule has 2 aliphatic rings. The smallest absolute Gasteiger partial charge is 0.322 e. The summed E-state index contributed by atoms with van der Waals surface area (Å²) in [5, 5.41) is 13.4. The Morgan fingerprint density at radius 1 is 1.50 bits per heavy atom. The Bertz CT molecular complexity index is 327. The monoisotopic (exact) mass is 198 g/mol. The highest BCUT2D eigenvalue weighted by Gasteiger charge is 2.57. The predicted molar refractivity (Wildman–Crippen MR) is 44.4 cm³/mol. The summed E-state index contributed by atoms with van der Waals surface area (Å²) in [6.07, 6.45) is 1.48. The van der Waals surface area contributed by atoms with Gasteiger partial charge >= 0.3 is 12.0 Å². The minimum absolute atomic E-state index is 0.404. The number of nitrogens with one attached hydrogen (secondary N) is 2. The van der Waals surface area contributed by atoms with Gasteiger partial charge in [0, 0.05) is 0 Å². The molecule has 76 valence electrons. The molecule has 1 saturated heterocycles. The van der Waals surface area contributed by atoms with Gasteiger partial charge in [-0.05, 0) is 19.3 Å². The molecule has 1 aliphatic heterocycles. The maximum Gasteiger partial charge on any atom is 0.322 e. The van der Waals surface area contributed by atoms with Crippen LogP contribution in [0.1, 0.15) is 19.3 Å². The first-order valence-electron chi connectivity index (χ1n) is 4.43. The summed E-state index contributed by atoms with van der Waals surface area (Å²) < 4.78 is 0. The van der Waals surface area contributed by atoms with Gasteiger partial charge in [0.25, 0.3) is 5.91 Å². The fraction of sp³-hybridized carbons (Fsp3) is 0.625. The molecule has 3 N–H and O–H groups in total. The van der Waals surface area contributed by atoms with Crippen LogP contribution in [0.15, 0.2) is 0 Å². The second-order valence-electron chi connectivity index (χ2n) is 3.66. The lowest BCUT2D eigenvalue weighted by molar-refractivity contribution is -0.146. The number of carbonyl (C=O) groups excluding carboxylic acids is 2. The van der Waals surface area contributed by atoms with Crippen LogP contribution >= 0.6 is 0 Å². The number of aliphatic carboxylic acids is 1. The molecular weight excluding hydrogens is 188 g/mol. The molecule has 1 heterocycles. The van der Waals surface area contributed by atoms with Gasteiger partial charge in [-0.15, -0.1) is 0 Å². The maximum absolute atomic E-state index is 11.5. The first kappa shape index (κ1) is 8.98. The van der Waals surface area contributed by atoms with E-state index >= 15 is 0 Å². The van der Waals surface area contributed by atoms with E-state index in [0.717, 1.165) is 0 Å². The van der Waals surface area contributed by atoms with E-state index in [2.05, 4.69) is 10.6 Å². The SMILES string of the molecule is O=C1NC(=O)[C@@]2(CCC[C@@H]2C(=O)O)N1. The van der Waals surface area contributed by atoms with E-state index in [9.17, 15) is 14.4 Å². The zero-order valence-electron chi connectivity index (χ0n) is 7.37. The number of carbonyl (C=O) groups is 3. The molecule has 1 spiro atoms. The van der Waals surface area contributed by atoms with Crippen LogP contribution < -0.4 is 10.6 Å². The average molecular weight is 198 g/mol. The van der Waals surface area contributed by atoms with Gasteiger partial charge in [-0.3, -0.25) is 14.9 Å². The molecule has 0 radical (unpaired) electrons. The van der Waals surface area contributed by atoms with Crippen LogP contribution in [0.3, 0.4) is 0 Å². The molecule has 0 unspecified atom stereocenters. The number of amides is 3. The van der Waals surface area contributed by atoms with Crippen LogP contribution in [-0.2, 0) is 9.59 Å². The summed E-state index contributed by atoms with van der Waals surface area (Å²) in [7, 11) is 0. The van der Waals surface area contributed by atoms with Crippen LogP contribution in [0.25, 0.3) is 0 Å². The molecule has 0 aromatic heterocycles. The van der Waals surface area contributed by atoms with Gasteiger partial charge in [0.05, 0.1) is 5.92 Å². The van der Waals surface area contributed by atoms with Crippen molar-refractivity contribution in [3.8, 4) is 0 Å². The Morgan fingerprint density at radius 3 is 2.71 bits per heavy atom. The van der Waals surface area contributed by atoms with E-state index in [-0.39, 0.29) is 0 Å². The van der Waals surface area contributed by atoms with E-state index in [1.54, 1.807) is 0 Å². The van der Waals surface area contributed by atoms with Crippen LogP contribution in [0.5, 0.6) is 0 Å². The van der Waals surface area contributed by atoms with Crippen molar-refractivity contribution in [2.45, 2.75) is 24.8 Å². The zero-order chi connectivity index (χ0) is 10.3. The highest BCUT2D eigenvalue weighted by atomic mass is 16.4. The second kappa shape index (κ2) is 2.70. The third-order valence-corrected chi connectivity index (χ3v) is 2.93. The summed E-state index contributed by atoms with van der Waals surface area (Å²) in [6.45, 7) is 0. The third-order valence-electron chi connectivity index (χ3n) is 2.93. The lowest BCUT2D eigenvalue weighted by Gasteiger charge is -2.24. The number of rotatable bonds is 1. The third kappa shape index (κ3) is 0.997. The normalized spacial score (nSPS) is 35.9. The second-order valence-corrected chi connectivity index (χ2v) is 3.66. The summed E-state index contributed by atoms with van der Waals surface area (Å²) in [5.41, 5.74) is -1.19. The summed E-state index contributed by atoms with van der Waals surface area (Å²) in [5.74, 6) is -2.33. The van der Waals surface area contributed by atoms with Gasteiger partial charge in [0.15, 0.2) is 0 Å². The molecule has 14 heavy (non-hydrogen) atoms. The van der Waals surface area contributed by atoms with Crippen LogP contribution in [0, 0.1) is 5.92 Å². The van der Waals surface area contributed by atoms with Gasteiger partial charge in [-0.2, -0.15) is 0 Å². The van der Waals surface area contributed by atoms with Crippen molar-refractivity contribution in [2.75, 3.05) is 0 Å². The van der Waals surface area contributed by atoms with Crippen LogP contribution in [-0.4, -0.2) is 28.6 Å². The Balaban J connectivity index is 2.34. The minimum atomic E-state index is -1.19. The molecule has 6 heteroatoms. The molecule has 3 amide bonds. The number of hydrogen-bond acceptors (Lipinski definition) is 3. The number of hydrogen-bond donors (Lipinski definition) is 3. The minimum Gasteiger partial charge on any atom is -0.481 e. The lowest BCUT2D eigenvalue weighted by Crippen LogP contribution is -2.52. The summed E-state index contributed by atoms with van der Waals surface area (Å²) in [6, 6.07) is -0.594. The fourth-order valence-electron chi connectivity index (χ4n) is 2.27. The molecule has 6 nitrogen and oxygen atoms in total. The highest BCUT2D eigenvalue weighted by Crippen LogP contribution is 2.37. The van der Waals surface area contributed by atoms with Crippen molar-refractivity contribution >= 4 is 17.9 Å². The maximum atomic E-state index is 11.5. The first-order chi connectivity index (χ1) is 6.56. The standard InChI is InChI=1S/C8H10N2O4/c11-5(12)4-2-1-3-8(4)6(13)9-7(14)10-8/h4H,1-3H2,(H,11,12)(H2,9,10,13,14)/t4-,8+/m1/s1.